The maximum absolute atomic E-state index is 13.4. The first-order valence-electron chi connectivity index (χ1n) is 4.67. The molecule has 0 unspecified atom stereocenters. The molecule has 0 bridgehead atoms. The molecular weight excluding hydrogens is 229 g/mol. The van der Waals surface area contributed by atoms with Crippen molar-refractivity contribution in [2.75, 3.05) is 7.11 Å². The molecule has 2 aromatic rings. The summed E-state index contributed by atoms with van der Waals surface area (Å²) in [6, 6.07) is 4.68. The molecule has 3 nitrogen and oxygen atoms in total. The highest BCUT2D eigenvalue weighted by Crippen LogP contribution is 2.17. The Morgan fingerprint density at radius 1 is 1.50 bits per heavy atom. The zero-order valence-corrected chi connectivity index (χ0v) is 9.46. The van der Waals surface area contributed by atoms with Gasteiger partial charge in [0.15, 0.2) is 11.6 Å². The highest BCUT2D eigenvalue weighted by molar-refractivity contribution is 7.07. The van der Waals surface area contributed by atoms with Crippen LogP contribution >= 0.6 is 11.3 Å². The number of ether oxygens (including phenoxy) is 1. The number of thiazole rings is 1. The minimum Gasteiger partial charge on any atom is -0.494 e. The van der Waals surface area contributed by atoms with Gasteiger partial charge >= 0.3 is 4.87 Å². The lowest BCUT2D eigenvalue weighted by Crippen LogP contribution is -2.12. The van der Waals surface area contributed by atoms with Crippen LogP contribution in [-0.4, -0.2) is 11.7 Å². The summed E-state index contributed by atoms with van der Waals surface area (Å²) in [5, 5.41) is 1.71. The molecule has 0 aliphatic heterocycles. The molecule has 5 heteroatoms. The number of benzene rings is 1. The maximum atomic E-state index is 13.4. The Kier molecular flexibility index (Phi) is 3.05. The topological polar surface area (TPSA) is 31.2 Å². The van der Waals surface area contributed by atoms with Crippen LogP contribution in [0, 0.1) is 5.82 Å². The minimum absolute atomic E-state index is 0.0452. The van der Waals surface area contributed by atoms with Crippen LogP contribution in [0.1, 0.15) is 5.56 Å². The van der Waals surface area contributed by atoms with Crippen molar-refractivity contribution in [3.63, 3.8) is 0 Å². The van der Waals surface area contributed by atoms with Gasteiger partial charge in [-0.3, -0.25) is 4.79 Å². The van der Waals surface area contributed by atoms with Crippen LogP contribution in [0.2, 0.25) is 0 Å². The SMILES string of the molecule is COc1ccc(Cn2ccsc2=O)cc1F. The van der Waals surface area contributed by atoms with Crippen molar-refractivity contribution in [2.45, 2.75) is 6.54 Å². The van der Waals surface area contributed by atoms with E-state index < -0.39 is 5.82 Å². The van der Waals surface area contributed by atoms with Crippen molar-refractivity contribution in [1.82, 2.24) is 4.57 Å². The van der Waals surface area contributed by atoms with Crippen LogP contribution in [0.3, 0.4) is 0 Å². The number of rotatable bonds is 3. The highest BCUT2D eigenvalue weighted by Gasteiger charge is 2.04. The van der Waals surface area contributed by atoms with E-state index in [1.54, 1.807) is 23.7 Å². The smallest absolute Gasteiger partial charge is 0.307 e. The largest absolute Gasteiger partial charge is 0.494 e. The molecule has 0 aliphatic carbocycles. The van der Waals surface area contributed by atoms with E-state index in [9.17, 15) is 9.18 Å². The molecule has 1 aromatic carbocycles. The summed E-state index contributed by atoms with van der Waals surface area (Å²) in [5.74, 6) is -0.204. The fourth-order valence-electron chi connectivity index (χ4n) is 1.41. The van der Waals surface area contributed by atoms with E-state index >= 15 is 0 Å². The van der Waals surface area contributed by atoms with E-state index in [0.29, 0.717) is 6.54 Å². The molecule has 84 valence electrons. The molecule has 0 saturated carbocycles. The van der Waals surface area contributed by atoms with Crippen molar-refractivity contribution in [3.8, 4) is 5.75 Å². The van der Waals surface area contributed by atoms with Crippen LogP contribution in [0.25, 0.3) is 0 Å². The predicted octanol–water partition coefficient (Wildman–Crippen LogP) is 2.11. The molecule has 0 amide bonds. The second-order valence-electron chi connectivity index (χ2n) is 3.27. The van der Waals surface area contributed by atoms with Crippen molar-refractivity contribution < 1.29 is 9.13 Å². The fraction of sp³-hybridized carbons (Fsp3) is 0.182. The summed E-state index contributed by atoms with van der Waals surface area (Å²) < 4.78 is 19.7. The summed E-state index contributed by atoms with van der Waals surface area (Å²) in [4.78, 5) is 11.2. The molecular formula is C11H10FNO2S. The van der Waals surface area contributed by atoms with Crippen LogP contribution in [0.4, 0.5) is 4.39 Å². The van der Waals surface area contributed by atoms with Crippen LogP contribution in [0.15, 0.2) is 34.6 Å². The normalized spacial score (nSPS) is 10.4. The third-order valence-electron chi connectivity index (χ3n) is 2.21. The average Bonchev–Trinajstić information content (AvgIpc) is 2.65. The number of nitrogens with zero attached hydrogens (tertiary/aromatic N) is 1. The lowest BCUT2D eigenvalue weighted by atomic mass is 10.2. The van der Waals surface area contributed by atoms with Crippen LogP contribution in [-0.2, 0) is 6.54 Å². The highest BCUT2D eigenvalue weighted by atomic mass is 32.1. The Bertz CT molecular complexity index is 547. The zero-order valence-electron chi connectivity index (χ0n) is 8.64. The van der Waals surface area contributed by atoms with Gasteiger partial charge in [0.1, 0.15) is 0 Å². The van der Waals surface area contributed by atoms with E-state index in [1.165, 1.54) is 17.7 Å². The van der Waals surface area contributed by atoms with Gasteiger partial charge < -0.3 is 9.30 Å². The van der Waals surface area contributed by atoms with Crippen molar-refractivity contribution >= 4 is 11.3 Å². The van der Waals surface area contributed by atoms with E-state index in [1.807, 2.05) is 0 Å². The Balaban J connectivity index is 2.26. The first kappa shape index (κ1) is 10.9. The zero-order chi connectivity index (χ0) is 11.5. The Labute approximate surface area is 95.7 Å². The van der Waals surface area contributed by atoms with Gasteiger partial charge in [-0.1, -0.05) is 17.4 Å². The quantitative estimate of drug-likeness (QED) is 0.821. The minimum atomic E-state index is -0.414. The second kappa shape index (κ2) is 4.49. The molecule has 0 radical (unpaired) electrons. The fourth-order valence-corrected chi connectivity index (χ4v) is 2.00. The first-order valence-corrected chi connectivity index (χ1v) is 5.55. The lowest BCUT2D eigenvalue weighted by molar-refractivity contribution is 0.386. The molecule has 16 heavy (non-hydrogen) atoms. The molecule has 0 atom stereocenters. The van der Waals surface area contributed by atoms with Gasteiger partial charge in [0.05, 0.1) is 13.7 Å². The van der Waals surface area contributed by atoms with E-state index in [2.05, 4.69) is 0 Å². The molecule has 1 aromatic heterocycles. The molecule has 0 spiro atoms. The molecule has 0 aliphatic rings. The summed E-state index contributed by atoms with van der Waals surface area (Å²) in [6.07, 6.45) is 1.69. The van der Waals surface area contributed by atoms with E-state index in [-0.39, 0.29) is 10.6 Å². The molecule has 0 saturated heterocycles. The number of methoxy groups -OCH3 is 1. The Morgan fingerprint density at radius 3 is 2.88 bits per heavy atom. The number of halogens is 1. The molecule has 2 rings (SSSR count). The first-order chi connectivity index (χ1) is 7.70. The number of aromatic nitrogens is 1. The third kappa shape index (κ3) is 2.14. The Morgan fingerprint density at radius 2 is 2.31 bits per heavy atom. The molecule has 1 heterocycles. The molecule has 0 fully saturated rings. The summed E-state index contributed by atoms with van der Waals surface area (Å²) in [5.41, 5.74) is 0.735. The van der Waals surface area contributed by atoms with Gasteiger partial charge in [0.2, 0.25) is 0 Å². The van der Waals surface area contributed by atoms with Crippen LogP contribution in [0.5, 0.6) is 5.75 Å². The lowest BCUT2D eigenvalue weighted by Gasteiger charge is -2.05. The van der Waals surface area contributed by atoms with Crippen molar-refractivity contribution in [3.05, 3.63) is 50.8 Å². The average molecular weight is 239 g/mol. The van der Waals surface area contributed by atoms with Gasteiger partial charge in [-0.05, 0) is 17.7 Å². The van der Waals surface area contributed by atoms with Gasteiger partial charge in [0.25, 0.3) is 0 Å². The predicted molar refractivity (Wildman–Crippen MR) is 60.6 cm³/mol. The number of hydrogen-bond acceptors (Lipinski definition) is 3. The molecule has 0 N–H and O–H groups in total. The summed E-state index contributed by atoms with van der Waals surface area (Å²) in [7, 11) is 1.42. The standard InChI is InChI=1S/C11H10FNO2S/c1-15-10-3-2-8(6-9(10)12)7-13-4-5-16-11(13)14/h2-6H,7H2,1H3. The van der Waals surface area contributed by atoms with Gasteiger partial charge in [-0.15, -0.1) is 0 Å². The van der Waals surface area contributed by atoms with Gasteiger partial charge in [-0.2, -0.15) is 0 Å². The van der Waals surface area contributed by atoms with Crippen molar-refractivity contribution in [1.29, 1.82) is 0 Å². The van der Waals surface area contributed by atoms with Crippen LogP contribution < -0.4 is 9.61 Å². The monoisotopic (exact) mass is 239 g/mol. The Hall–Kier alpha value is -1.62. The maximum Gasteiger partial charge on any atom is 0.307 e. The van der Waals surface area contributed by atoms with Gasteiger partial charge in [-0.25, -0.2) is 4.39 Å². The summed E-state index contributed by atoms with van der Waals surface area (Å²) >= 11 is 1.12. The second-order valence-corrected chi connectivity index (χ2v) is 4.12. The van der Waals surface area contributed by atoms with E-state index in [4.69, 9.17) is 4.74 Å². The van der Waals surface area contributed by atoms with Crippen molar-refractivity contribution in [2.24, 2.45) is 0 Å². The summed E-state index contributed by atoms with van der Waals surface area (Å²) in [6.45, 7) is 0.378. The van der Waals surface area contributed by atoms with E-state index in [0.717, 1.165) is 16.9 Å². The number of hydrogen-bond donors (Lipinski definition) is 0. The van der Waals surface area contributed by atoms with Gasteiger partial charge in [0, 0.05) is 11.6 Å². The third-order valence-corrected chi connectivity index (χ3v) is 2.91.